The van der Waals surface area contributed by atoms with Crippen LogP contribution >= 0.6 is 67.4 Å². The molecule has 0 aromatic heterocycles. The second-order valence-corrected chi connectivity index (χ2v) is 33.8. The van der Waals surface area contributed by atoms with Crippen molar-refractivity contribution >= 4 is 104 Å². The van der Waals surface area contributed by atoms with Gasteiger partial charge in [-0.2, -0.15) is 6.16 Å². The van der Waals surface area contributed by atoms with Crippen molar-refractivity contribution < 1.29 is 37.7 Å². The molecule has 0 saturated carbocycles. The van der Waals surface area contributed by atoms with Crippen molar-refractivity contribution in [2.24, 2.45) is 0 Å². The zero-order valence-corrected chi connectivity index (χ0v) is 62.3. The third-order valence-electron chi connectivity index (χ3n) is 14.1. The van der Waals surface area contributed by atoms with Crippen LogP contribution in [0.5, 0.6) is 0 Å². The summed E-state index contributed by atoms with van der Waals surface area (Å²) in [6.45, 7) is 0. The second-order valence-electron chi connectivity index (χ2n) is 20.9. The van der Waals surface area contributed by atoms with Crippen LogP contribution in [0.1, 0.15) is 35.2 Å². The van der Waals surface area contributed by atoms with Gasteiger partial charge in [-0.3, -0.25) is 0 Å². The van der Waals surface area contributed by atoms with E-state index in [4.69, 9.17) is 24.1 Å². The molecule has 0 aliphatic heterocycles. The molecule has 97 heavy (non-hydrogen) atoms. The number of hydrogen-bond acceptors (Lipinski definition) is 0. The standard InChI is InChI=1S/C36H33P3.C13H12ClP.C13H13P.C13H12P.C10H7P.CH4.CH3.2Li/c1-6-16-32(17-7-1)30-38(35-22-12-4-13-23-35)28-26-37(34-20-10-3-11-21-34)27-29-39(36-24-14-5-15-25-36)31-33-18-8-2-9-19-33;14-15(13-9-5-2-6-10-13)11-12-7-3-1-4-8-12;2*1-3-7-12(8-4-1)11-14-13-9-5-2-6-10-13;1-3-11(4-2)10-8-6-5-7-9-10;;;;/h1-29H,30-31H2;1-10H,11H2;1-10,14H,11H2;1-10H,11H2;1-2,5-9H;1H4;1H3;;/q;;;-1;;;-1;2*+1/b28-26+,29-27+;;;;;;;;. The predicted molar refractivity (Wildman–Crippen MR) is 438 cm³/mol. The second kappa shape index (κ2) is 51.0. The predicted octanol–water partition coefficient (Wildman–Crippen LogP) is 17.6. The van der Waals surface area contributed by atoms with Crippen LogP contribution in [-0.4, -0.2) is 0 Å². The van der Waals surface area contributed by atoms with Crippen LogP contribution in [0.15, 0.2) is 387 Å². The number of rotatable bonds is 21. The maximum Gasteiger partial charge on any atom is 1.00 e. The van der Waals surface area contributed by atoms with E-state index in [1.54, 1.807) is 0 Å². The molecule has 12 rings (SSSR count). The molecule has 476 valence electrons. The number of terminal acetylenes is 2. The van der Waals surface area contributed by atoms with Gasteiger partial charge in [0.2, 0.25) is 0 Å². The van der Waals surface area contributed by atoms with Crippen LogP contribution < -0.4 is 74.9 Å². The Morgan fingerprint density at radius 1 is 0.330 bits per heavy atom. The topological polar surface area (TPSA) is 0 Å². The Hall–Kier alpha value is -6.27. The minimum atomic E-state index is -0.796. The zero-order valence-electron chi connectivity index (χ0n) is 55.2. The van der Waals surface area contributed by atoms with Crippen molar-refractivity contribution in [3.63, 3.8) is 0 Å². The molecule has 0 N–H and O–H groups in total. The normalized spacial score (nSPS) is 11.6. The summed E-state index contributed by atoms with van der Waals surface area (Å²) in [4.78, 5) is 0. The smallest absolute Gasteiger partial charge is 0.501 e. The molecule has 4 unspecified atom stereocenters. The maximum absolute atomic E-state index is 6.41. The first-order chi connectivity index (χ1) is 46.0. The van der Waals surface area contributed by atoms with Crippen molar-refractivity contribution in [2.75, 3.05) is 0 Å². The third kappa shape index (κ3) is 32.5. The summed E-state index contributed by atoms with van der Waals surface area (Å²) in [7, 11) is -0.610. The summed E-state index contributed by atoms with van der Waals surface area (Å²) in [6, 6.07) is 128. The van der Waals surface area contributed by atoms with E-state index in [2.05, 4.69) is 344 Å². The van der Waals surface area contributed by atoms with Gasteiger partial charge in [0, 0.05) is 25.8 Å². The average molecular weight is 1400 g/mol. The Morgan fingerprint density at radius 3 is 0.990 bits per heavy atom. The van der Waals surface area contributed by atoms with Gasteiger partial charge in [-0.1, -0.05) is 431 Å². The molecule has 0 aliphatic rings. The van der Waals surface area contributed by atoms with Crippen LogP contribution in [0.2, 0.25) is 0 Å². The van der Waals surface area contributed by atoms with E-state index in [0.29, 0.717) is 0 Å². The van der Waals surface area contributed by atoms with E-state index >= 15 is 0 Å². The van der Waals surface area contributed by atoms with Gasteiger partial charge >= 0.3 is 37.7 Å². The fraction of sp³-hybridized carbons (Fsp3) is 0.0690. The Kier molecular flexibility index (Phi) is 43.7. The van der Waals surface area contributed by atoms with Gasteiger partial charge in [0.05, 0.1) is 7.92 Å². The molecule has 10 heteroatoms. The minimum absolute atomic E-state index is 0. The molecular formula is C87H84ClLi2P7. The largest absolute Gasteiger partial charge is 1.00 e. The van der Waals surface area contributed by atoms with Crippen LogP contribution in [0.3, 0.4) is 0 Å². The van der Waals surface area contributed by atoms with Gasteiger partial charge in [0.15, 0.2) is 0 Å². The van der Waals surface area contributed by atoms with Crippen molar-refractivity contribution in [3.05, 3.63) is 422 Å². The van der Waals surface area contributed by atoms with Crippen molar-refractivity contribution in [3.8, 4) is 24.2 Å². The molecule has 0 fully saturated rings. The molecule has 0 saturated heterocycles. The van der Waals surface area contributed by atoms with E-state index in [1.165, 1.54) is 68.2 Å². The fourth-order valence-electron chi connectivity index (χ4n) is 9.23. The summed E-state index contributed by atoms with van der Waals surface area (Å²) in [5.74, 6) is 10.0. The van der Waals surface area contributed by atoms with Crippen LogP contribution in [0.4, 0.5) is 0 Å². The Bertz CT molecular complexity index is 3760. The first kappa shape index (κ1) is 83.2. The van der Waals surface area contributed by atoms with Crippen LogP contribution in [-0.2, 0) is 30.8 Å². The van der Waals surface area contributed by atoms with Gasteiger partial charge in [-0.15, -0.1) is 12.8 Å². The Morgan fingerprint density at radius 2 is 0.619 bits per heavy atom. The molecule has 0 heterocycles. The van der Waals surface area contributed by atoms with Crippen molar-refractivity contribution in [1.82, 2.24) is 0 Å². The van der Waals surface area contributed by atoms with Crippen molar-refractivity contribution in [2.45, 2.75) is 38.2 Å². The van der Waals surface area contributed by atoms with E-state index < -0.39 is 39.0 Å². The first-order valence-corrected chi connectivity index (χ1v) is 41.5. The van der Waals surface area contributed by atoms with Crippen LogP contribution in [0.25, 0.3) is 0 Å². The maximum atomic E-state index is 6.41. The molecule has 0 amide bonds. The van der Waals surface area contributed by atoms with E-state index in [1.807, 2.05) is 54.6 Å². The average Bonchev–Trinajstić information content (AvgIpc) is 3.00. The molecule has 0 bridgehead atoms. The molecule has 4 atom stereocenters. The van der Waals surface area contributed by atoms with Crippen molar-refractivity contribution in [1.29, 1.82) is 0 Å². The number of hydrogen-bond donors (Lipinski definition) is 0. The minimum Gasteiger partial charge on any atom is -0.501 e. The summed E-state index contributed by atoms with van der Waals surface area (Å²) in [6.07, 6.45) is 15.8. The van der Waals surface area contributed by atoms with Gasteiger partial charge in [-0.25, -0.2) is 5.30 Å². The van der Waals surface area contributed by atoms with E-state index in [-0.39, 0.29) is 52.6 Å². The fourth-order valence-corrected chi connectivity index (χ4v) is 20.7. The summed E-state index contributed by atoms with van der Waals surface area (Å²) < 4.78 is 0. The SMILES string of the molecule is C.C#CP(C#C)c1ccccc1.C(=C\P(Cc1ccccc1)c1ccccc1)/P(/C=C/P(Cc1ccccc1)c1ccccc1)c1ccccc1.ClP(Cc1ccccc1)c1ccccc1.[CH3-].[Li+].[Li+].c1ccc(CPc2ccccc2)cc1.c1ccc(C[P-]c2ccccc2)cc1. The quantitative estimate of drug-likeness (QED) is 0.0291. The summed E-state index contributed by atoms with van der Waals surface area (Å²) in [5, 5.41) is 9.40. The number of benzene rings is 12. The Balaban J connectivity index is 0.000000285. The van der Waals surface area contributed by atoms with Gasteiger partial charge in [0.1, 0.15) is 0 Å². The number of halogens is 1. The first-order valence-electron chi connectivity index (χ1n) is 30.8. The monoisotopic (exact) mass is 1390 g/mol. The molecule has 0 aliphatic carbocycles. The molecular weight excluding hydrogens is 1310 g/mol. The summed E-state index contributed by atoms with van der Waals surface area (Å²) in [5.41, 5.74) is 12.1. The van der Waals surface area contributed by atoms with Crippen LogP contribution in [0, 0.1) is 31.6 Å². The molecule has 12 aromatic carbocycles. The van der Waals surface area contributed by atoms with Gasteiger partial charge in [-0.05, 0) is 84.0 Å². The Labute approximate surface area is 621 Å². The molecule has 0 spiro atoms. The zero-order chi connectivity index (χ0) is 64.4. The third-order valence-corrected chi connectivity index (χ3v) is 27.0. The van der Waals surface area contributed by atoms with E-state index in [0.717, 1.165) is 44.7 Å². The molecule has 0 nitrogen and oxygen atoms in total. The van der Waals surface area contributed by atoms with E-state index in [9.17, 15) is 0 Å². The molecule has 12 aromatic rings. The van der Waals surface area contributed by atoms with Gasteiger partial charge in [0.25, 0.3) is 0 Å². The summed E-state index contributed by atoms with van der Waals surface area (Å²) >= 11 is 6.41. The van der Waals surface area contributed by atoms with Gasteiger partial charge < -0.3 is 16.0 Å². The molecule has 0 radical (unpaired) electrons.